The molecule has 9 nitrogen and oxygen atoms in total. The van der Waals surface area contributed by atoms with Gasteiger partial charge in [-0.05, 0) is 24.1 Å². The minimum Gasteiger partial charge on any atom is -0.351 e. The highest BCUT2D eigenvalue weighted by molar-refractivity contribution is 7.89. The lowest BCUT2D eigenvalue weighted by atomic mass is 10.1. The van der Waals surface area contributed by atoms with Gasteiger partial charge in [0.25, 0.3) is 11.5 Å². The quantitative estimate of drug-likeness (QED) is 0.612. The summed E-state index contributed by atoms with van der Waals surface area (Å²) >= 11 is 0. The molecule has 2 rings (SSSR count). The molecule has 0 saturated heterocycles. The van der Waals surface area contributed by atoms with Gasteiger partial charge in [-0.25, -0.2) is 18.4 Å². The average Bonchev–Trinajstić information content (AvgIpc) is 2.52. The van der Waals surface area contributed by atoms with Gasteiger partial charge in [-0.2, -0.15) is 0 Å². The Kier molecular flexibility index (Phi) is 5.00. The van der Waals surface area contributed by atoms with Gasteiger partial charge in [-0.15, -0.1) is 0 Å². The average molecular weight is 352 g/mol. The lowest BCUT2D eigenvalue weighted by Crippen LogP contribution is -2.39. The molecule has 0 aliphatic heterocycles. The van der Waals surface area contributed by atoms with Gasteiger partial charge in [-0.1, -0.05) is 12.1 Å². The van der Waals surface area contributed by atoms with Crippen LogP contribution in [-0.4, -0.2) is 30.4 Å². The molecule has 0 spiro atoms. The predicted octanol–water partition coefficient (Wildman–Crippen LogP) is -1.31. The lowest BCUT2D eigenvalue weighted by Gasteiger charge is -2.06. The number of benzene rings is 1. The van der Waals surface area contributed by atoms with Crippen LogP contribution in [0.25, 0.3) is 0 Å². The van der Waals surface area contributed by atoms with Crippen molar-refractivity contribution >= 4 is 15.9 Å². The minimum absolute atomic E-state index is 0.00650. The molecule has 0 radical (unpaired) electrons. The van der Waals surface area contributed by atoms with Crippen molar-refractivity contribution in [3.05, 3.63) is 62.4 Å². The van der Waals surface area contributed by atoms with Crippen molar-refractivity contribution < 1.29 is 13.2 Å². The van der Waals surface area contributed by atoms with E-state index in [0.29, 0.717) is 6.42 Å². The van der Waals surface area contributed by atoms with E-state index in [-0.39, 0.29) is 17.0 Å². The number of H-pyrrole nitrogens is 1. The third-order valence-electron chi connectivity index (χ3n) is 3.38. The van der Waals surface area contributed by atoms with Crippen LogP contribution < -0.4 is 21.7 Å². The molecule has 0 unspecified atom stereocenters. The van der Waals surface area contributed by atoms with Gasteiger partial charge in [0.2, 0.25) is 10.0 Å². The number of amides is 1. The molecule has 0 aliphatic carbocycles. The maximum atomic E-state index is 12.0. The van der Waals surface area contributed by atoms with Gasteiger partial charge in [-0.3, -0.25) is 14.2 Å². The number of nitrogens with zero attached hydrogens (tertiary/aromatic N) is 1. The SMILES string of the molecule is Cn1c(=O)[nH]cc(C(=O)NCCc2ccc(S(N)(=O)=O)cc2)c1=O. The number of sulfonamides is 1. The molecule has 1 aromatic carbocycles. The fraction of sp³-hybridized carbons (Fsp3) is 0.214. The molecular weight excluding hydrogens is 336 g/mol. The number of carbonyl (C=O) groups excluding carboxylic acids is 1. The van der Waals surface area contributed by atoms with Crippen molar-refractivity contribution in [1.82, 2.24) is 14.9 Å². The summed E-state index contributed by atoms with van der Waals surface area (Å²) in [6.07, 6.45) is 1.50. The Hall–Kier alpha value is -2.72. The third kappa shape index (κ3) is 3.97. The van der Waals surface area contributed by atoms with Crippen LogP contribution >= 0.6 is 0 Å². The van der Waals surface area contributed by atoms with Crippen LogP contribution in [0.3, 0.4) is 0 Å². The van der Waals surface area contributed by atoms with Crippen LogP contribution in [0.4, 0.5) is 0 Å². The summed E-state index contributed by atoms with van der Waals surface area (Å²) in [6, 6.07) is 5.93. The van der Waals surface area contributed by atoms with Gasteiger partial charge >= 0.3 is 5.69 Å². The van der Waals surface area contributed by atoms with Crippen molar-refractivity contribution in [2.75, 3.05) is 6.54 Å². The summed E-state index contributed by atoms with van der Waals surface area (Å²) in [5.74, 6) is -0.604. The zero-order valence-corrected chi connectivity index (χ0v) is 13.6. The molecule has 0 bridgehead atoms. The van der Waals surface area contributed by atoms with Gasteiger partial charge in [0, 0.05) is 19.8 Å². The van der Waals surface area contributed by atoms with E-state index in [9.17, 15) is 22.8 Å². The monoisotopic (exact) mass is 352 g/mol. The summed E-state index contributed by atoms with van der Waals surface area (Å²) in [5, 5.41) is 7.57. The second kappa shape index (κ2) is 6.81. The fourth-order valence-corrected chi connectivity index (χ4v) is 2.50. The minimum atomic E-state index is -3.74. The number of hydrogen-bond donors (Lipinski definition) is 3. The molecule has 1 heterocycles. The topological polar surface area (TPSA) is 144 Å². The standard InChI is InChI=1S/C14H16N4O5S/c1-18-13(20)11(8-17-14(18)21)12(19)16-7-6-9-2-4-10(5-3-9)24(15,22)23/h2-5,8H,6-7H2,1H3,(H,16,19)(H,17,21)(H2,15,22,23). The predicted molar refractivity (Wildman–Crippen MR) is 86.2 cm³/mol. The molecule has 0 atom stereocenters. The van der Waals surface area contributed by atoms with E-state index in [1.165, 1.54) is 19.2 Å². The highest BCUT2D eigenvalue weighted by Gasteiger charge is 2.12. The molecule has 1 amide bonds. The molecule has 10 heteroatoms. The smallest absolute Gasteiger partial charge is 0.328 e. The van der Waals surface area contributed by atoms with E-state index in [4.69, 9.17) is 5.14 Å². The van der Waals surface area contributed by atoms with E-state index in [1.54, 1.807) is 12.1 Å². The Bertz CT molecular complexity index is 973. The zero-order valence-electron chi connectivity index (χ0n) is 12.8. The Morgan fingerprint density at radius 3 is 2.46 bits per heavy atom. The highest BCUT2D eigenvalue weighted by atomic mass is 32.2. The maximum absolute atomic E-state index is 12.0. The number of hydrogen-bond acceptors (Lipinski definition) is 5. The van der Waals surface area contributed by atoms with Crippen molar-refractivity contribution in [3.63, 3.8) is 0 Å². The van der Waals surface area contributed by atoms with Crippen LogP contribution in [-0.2, 0) is 23.5 Å². The Balaban J connectivity index is 2.00. The molecular formula is C14H16N4O5S. The van der Waals surface area contributed by atoms with Crippen LogP contribution in [0.15, 0.2) is 44.9 Å². The van der Waals surface area contributed by atoms with E-state index >= 15 is 0 Å². The summed E-state index contributed by atoms with van der Waals surface area (Å²) in [6.45, 7) is 0.232. The van der Waals surface area contributed by atoms with Gasteiger partial charge in [0.05, 0.1) is 4.90 Å². The van der Waals surface area contributed by atoms with Crippen LogP contribution in [0.1, 0.15) is 15.9 Å². The van der Waals surface area contributed by atoms with Crippen LogP contribution in [0.5, 0.6) is 0 Å². The number of primary sulfonamides is 1. The van der Waals surface area contributed by atoms with Crippen molar-refractivity contribution in [2.24, 2.45) is 12.2 Å². The number of carbonyl (C=O) groups is 1. The van der Waals surface area contributed by atoms with Crippen LogP contribution in [0.2, 0.25) is 0 Å². The van der Waals surface area contributed by atoms with Gasteiger partial charge < -0.3 is 10.3 Å². The Morgan fingerprint density at radius 1 is 1.25 bits per heavy atom. The normalized spacial score (nSPS) is 11.2. The van der Waals surface area contributed by atoms with Crippen molar-refractivity contribution in [1.29, 1.82) is 0 Å². The molecule has 24 heavy (non-hydrogen) atoms. The Labute approximate surface area is 137 Å². The zero-order chi connectivity index (χ0) is 17.9. The summed E-state index contributed by atoms with van der Waals surface area (Å²) in [4.78, 5) is 37.3. The fourth-order valence-electron chi connectivity index (χ4n) is 1.99. The highest BCUT2D eigenvalue weighted by Crippen LogP contribution is 2.08. The van der Waals surface area contributed by atoms with E-state index in [2.05, 4.69) is 10.3 Å². The van der Waals surface area contributed by atoms with Crippen molar-refractivity contribution in [2.45, 2.75) is 11.3 Å². The second-order valence-electron chi connectivity index (χ2n) is 5.07. The largest absolute Gasteiger partial charge is 0.351 e. The first-order chi connectivity index (χ1) is 11.2. The number of nitrogens with two attached hydrogens (primary N) is 1. The summed E-state index contributed by atoms with van der Waals surface area (Å²) < 4.78 is 23.1. The molecule has 4 N–H and O–H groups in total. The number of rotatable bonds is 5. The van der Waals surface area contributed by atoms with Crippen molar-refractivity contribution in [3.8, 4) is 0 Å². The molecule has 2 aromatic rings. The van der Waals surface area contributed by atoms with Gasteiger partial charge in [0.1, 0.15) is 5.56 Å². The Morgan fingerprint density at radius 2 is 1.88 bits per heavy atom. The molecule has 1 aromatic heterocycles. The van der Waals surface area contributed by atoms with E-state index in [1.807, 2.05) is 0 Å². The second-order valence-corrected chi connectivity index (χ2v) is 6.63. The number of nitrogens with one attached hydrogen (secondary N) is 2. The molecule has 0 saturated carbocycles. The molecule has 0 aliphatic rings. The van der Waals surface area contributed by atoms with Crippen LogP contribution in [0, 0.1) is 0 Å². The molecule has 128 valence electrons. The summed E-state index contributed by atoms with van der Waals surface area (Å²) in [7, 11) is -2.47. The van der Waals surface area contributed by atoms with E-state index < -0.39 is 27.2 Å². The van der Waals surface area contributed by atoms with Gasteiger partial charge in [0.15, 0.2) is 0 Å². The number of aromatic nitrogens is 2. The number of aromatic amines is 1. The van der Waals surface area contributed by atoms with E-state index in [0.717, 1.165) is 16.3 Å². The first kappa shape index (κ1) is 17.6. The molecule has 0 fully saturated rings. The third-order valence-corrected chi connectivity index (χ3v) is 4.30. The first-order valence-electron chi connectivity index (χ1n) is 6.89. The lowest BCUT2D eigenvalue weighted by molar-refractivity contribution is 0.0951. The first-order valence-corrected chi connectivity index (χ1v) is 8.43. The maximum Gasteiger partial charge on any atom is 0.328 e. The summed E-state index contributed by atoms with van der Waals surface area (Å²) in [5.41, 5.74) is -0.668.